The molecular weight excluding hydrogens is 482 g/mol. The molecule has 0 aliphatic heterocycles. The number of amides is 3. The Bertz CT molecular complexity index is 1070. The van der Waals surface area contributed by atoms with Crippen LogP contribution in [0.1, 0.15) is 75.3 Å². The van der Waals surface area contributed by atoms with Crippen LogP contribution in [0.15, 0.2) is 48.5 Å². The van der Waals surface area contributed by atoms with E-state index in [2.05, 4.69) is 17.6 Å². The Morgan fingerprint density at radius 1 is 1.00 bits per heavy atom. The van der Waals surface area contributed by atoms with Gasteiger partial charge in [0.15, 0.2) is 0 Å². The van der Waals surface area contributed by atoms with Crippen molar-refractivity contribution in [1.82, 2.24) is 15.5 Å². The highest BCUT2D eigenvalue weighted by Crippen LogP contribution is 2.28. The molecule has 2 atom stereocenters. The van der Waals surface area contributed by atoms with E-state index in [1.54, 1.807) is 20.8 Å². The number of benzene rings is 2. The van der Waals surface area contributed by atoms with Crippen molar-refractivity contribution in [2.75, 3.05) is 13.2 Å². The Morgan fingerprint density at radius 3 is 2.29 bits per heavy atom. The Morgan fingerprint density at radius 2 is 1.68 bits per heavy atom. The normalized spacial score (nSPS) is 12.8. The SMILES string of the molecule is CCCCCN(C(=O)C(CO)NC(=O)OC(C)(C)C)C(C(=O)NCc1ccccc1)c1cccc(C)c1C. The number of aryl methyl sites for hydroxylation is 1. The van der Waals surface area contributed by atoms with Crippen molar-refractivity contribution >= 4 is 17.9 Å². The van der Waals surface area contributed by atoms with Crippen LogP contribution in [0.5, 0.6) is 0 Å². The molecule has 2 aromatic rings. The van der Waals surface area contributed by atoms with Crippen LogP contribution in [0.3, 0.4) is 0 Å². The van der Waals surface area contributed by atoms with Crippen LogP contribution in [0.2, 0.25) is 0 Å². The second-order valence-corrected chi connectivity index (χ2v) is 10.5. The van der Waals surface area contributed by atoms with Crippen LogP contribution in [-0.4, -0.2) is 52.7 Å². The zero-order valence-corrected chi connectivity index (χ0v) is 23.5. The minimum Gasteiger partial charge on any atom is -0.444 e. The van der Waals surface area contributed by atoms with E-state index in [1.165, 1.54) is 4.90 Å². The summed E-state index contributed by atoms with van der Waals surface area (Å²) in [5.74, 6) is -0.878. The molecule has 208 valence electrons. The van der Waals surface area contributed by atoms with Crippen molar-refractivity contribution in [3.05, 3.63) is 70.8 Å². The molecule has 2 aromatic carbocycles. The first kappa shape index (κ1) is 30.8. The summed E-state index contributed by atoms with van der Waals surface area (Å²) in [6, 6.07) is 13.0. The Hall–Kier alpha value is -3.39. The van der Waals surface area contributed by atoms with Gasteiger partial charge in [-0.05, 0) is 63.3 Å². The van der Waals surface area contributed by atoms with Crippen LogP contribution in [-0.2, 0) is 20.9 Å². The van der Waals surface area contributed by atoms with Gasteiger partial charge in [0, 0.05) is 13.1 Å². The van der Waals surface area contributed by atoms with Crippen LogP contribution in [0.25, 0.3) is 0 Å². The van der Waals surface area contributed by atoms with Crippen molar-refractivity contribution in [2.24, 2.45) is 0 Å². The number of hydrogen-bond donors (Lipinski definition) is 3. The van der Waals surface area contributed by atoms with Gasteiger partial charge in [-0.3, -0.25) is 9.59 Å². The summed E-state index contributed by atoms with van der Waals surface area (Å²) in [7, 11) is 0. The van der Waals surface area contributed by atoms with E-state index in [1.807, 2.05) is 62.4 Å². The van der Waals surface area contributed by atoms with Crippen LogP contribution >= 0.6 is 0 Å². The maximum Gasteiger partial charge on any atom is 0.408 e. The molecule has 0 heterocycles. The molecule has 0 radical (unpaired) electrons. The maximum absolute atomic E-state index is 13.9. The van der Waals surface area contributed by atoms with Gasteiger partial charge in [0.05, 0.1) is 6.61 Å². The van der Waals surface area contributed by atoms with Crippen LogP contribution in [0, 0.1) is 13.8 Å². The fraction of sp³-hybridized carbons (Fsp3) is 0.500. The monoisotopic (exact) mass is 525 g/mol. The smallest absolute Gasteiger partial charge is 0.408 e. The number of nitrogens with zero attached hydrogens (tertiary/aromatic N) is 1. The highest BCUT2D eigenvalue weighted by atomic mass is 16.6. The number of unbranched alkanes of at least 4 members (excludes halogenated alkanes) is 2. The molecule has 38 heavy (non-hydrogen) atoms. The fourth-order valence-corrected chi connectivity index (χ4v) is 4.14. The van der Waals surface area contributed by atoms with Crippen molar-refractivity contribution < 1.29 is 24.2 Å². The summed E-state index contributed by atoms with van der Waals surface area (Å²) in [6.07, 6.45) is 1.64. The van der Waals surface area contributed by atoms with E-state index in [-0.39, 0.29) is 12.5 Å². The highest BCUT2D eigenvalue weighted by molar-refractivity contribution is 5.92. The number of hydrogen-bond acceptors (Lipinski definition) is 5. The molecule has 2 rings (SSSR count). The predicted molar refractivity (Wildman–Crippen MR) is 148 cm³/mol. The number of rotatable bonds is 12. The van der Waals surface area contributed by atoms with E-state index in [4.69, 9.17) is 4.74 Å². The lowest BCUT2D eigenvalue weighted by Crippen LogP contribution is -2.54. The van der Waals surface area contributed by atoms with Crippen LogP contribution in [0.4, 0.5) is 4.79 Å². The van der Waals surface area contributed by atoms with E-state index in [0.717, 1.165) is 29.5 Å². The molecule has 0 fully saturated rings. The third kappa shape index (κ3) is 9.17. The molecule has 8 heteroatoms. The van der Waals surface area contributed by atoms with Crippen LogP contribution < -0.4 is 10.6 Å². The van der Waals surface area contributed by atoms with Gasteiger partial charge in [-0.25, -0.2) is 4.79 Å². The van der Waals surface area contributed by atoms with E-state index in [0.29, 0.717) is 18.5 Å². The zero-order valence-electron chi connectivity index (χ0n) is 23.5. The quantitative estimate of drug-likeness (QED) is 0.352. The van der Waals surface area contributed by atoms with Crippen molar-refractivity contribution in [1.29, 1.82) is 0 Å². The topological polar surface area (TPSA) is 108 Å². The van der Waals surface area contributed by atoms with Gasteiger partial charge in [0.1, 0.15) is 17.7 Å². The lowest BCUT2D eigenvalue weighted by molar-refractivity contribution is -0.143. The van der Waals surface area contributed by atoms with Gasteiger partial charge >= 0.3 is 6.09 Å². The average molecular weight is 526 g/mol. The van der Waals surface area contributed by atoms with Gasteiger partial charge in [0.2, 0.25) is 11.8 Å². The maximum atomic E-state index is 13.9. The third-order valence-corrected chi connectivity index (χ3v) is 6.27. The number of carbonyl (C=O) groups is 3. The lowest BCUT2D eigenvalue weighted by atomic mass is 9.94. The van der Waals surface area contributed by atoms with E-state index < -0.39 is 36.3 Å². The largest absolute Gasteiger partial charge is 0.444 e. The predicted octanol–water partition coefficient (Wildman–Crippen LogP) is 4.57. The Balaban J connectivity index is 2.46. The van der Waals surface area contributed by atoms with Gasteiger partial charge < -0.3 is 25.4 Å². The zero-order chi connectivity index (χ0) is 28.3. The standard InChI is InChI=1S/C30H43N3O5/c1-7-8-12-18-33(28(36)25(20-34)32-29(37)38-30(4,5)6)26(24-17-13-14-21(2)22(24)3)27(35)31-19-23-15-10-9-11-16-23/h9-11,13-17,25-26,34H,7-8,12,18-20H2,1-6H3,(H,31,35)(H,32,37). The first-order valence-corrected chi connectivity index (χ1v) is 13.3. The highest BCUT2D eigenvalue weighted by Gasteiger charge is 2.36. The summed E-state index contributed by atoms with van der Waals surface area (Å²) >= 11 is 0. The van der Waals surface area contributed by atoms with Crippen molar-refractivity contribution in [2.45, 2.75) is 85.0 Å². The number of carbonyl (C=O) groups excluding carboxylic acids is 3. The van der Waals surface area contributed by atoms with Crippen molar-refractivity contribution in [3.8, 4) is 0 Å². The average Bonchev–Trinajstić information content (AvgIpc) is 2.87. The number of ether oxygens (including phenoxy) is 1. The van der Waals surface area contributed by atoms with Gasteiger partial charge in [-0.2, -0.15) is 0 Å². The molecule has 0 bridgehead atoms. The number of aliphatic hydroxyl groups is 1. The molecular formula is C30H43N3O5. The molecule has 0 saturated heterocycles. The second kappa shape index (κ2) is 14.5. The summed E-state index contributed by atoms with van der Waals surface area (Å²) in [6.45, 7) is 11.1. The first-order valence-electron chi connectivity index (χ1n) is 13.3. The molecule has 0 saturated carbocycles. The minimum atomic E-state index is -1.26. The van der Waals surface area contributed by atoms with Gasteiger partial charge in [-0.1, -0.05) is 68.3 Å². The molecule has 3 N–H and O–H groups in total. The Labute approximate surface area is 226 Å². The molecule has 0 aromatic heterocycles. The number of nitrogens with one attached hydrogen (secondary N) is 2. The summed E-state index contributed by atoms with van der Waals surface area (Å²) < 4.78 is 5.30. The van der Waals surface area contributed by atoms with E-state index >= 15 is 0 Å². The van der Waals surface area contributed by atoms with Crippen molar-refractivity contribution in [3.63, 3.8) is 0 Å². The molecule has 0 aliphatic rings. The van der Waals surface area contributed by atoms with Gasteiger partial charge in [-0.15, -0.1) is 0 Å². The second-order valence-electron chi connectivity index (χ2n) is 10.5. The summed E-state index contributed by atoms with van der Waals surface area (Å²) in [5, 5.41) is 15.6. The fourth-order valence-electron chi connectivity index (χ4n) is 4.14. The van der Waals surface area contributed by atoms with Gasteiger partial charge in [0.25, 0.3) is 0 Å². The molecule has 2 unspecified atom stereocenters. The molecule has 3 amide bonds. The Kier molecular flexibility index (Phi) is 11.8. The van der Waals surface area contributed by atoms with E-state index in [9.17, 15) is 19.5 Å². The molecule has 0 spiro atoms. The summed E-state index contributed by atoms with van der Waals surface area (Å²) in [4.78, 5) is 41.6. The first-order chi connectivity index (χ1) is 18.0. The number of alkyl carbamates (subject to hydrolysis) is 1. The lowest BCUT2D eigenvalue weighted by Gasteiger charge is -2.35. The minimum absolute atomic E-state index is 0.288. The molecule has 0 aliphatic carbocycles. The summed E-state index contributed by atoms with van der Waals surface area (Å²) in [5.41, 5.74) is 2.77. The number of aliphatic hydroxyl groups excluding tert-OH is 1. The molecule has 8 nitrogen and oxygen atoms in total. The third-order valence-electron chi connectivity index (χ3n) is 6.27.